The fourth-order valence-corrected chi connectivity index (χ4v) is 3.05. The summed E-state index contributed by atoms with van der Waals surface area (Å²) in [7, 11) is 0. The van der Waals surface area contributed by atoms with E-state index in [2.05, 4.69) is 31.9 Å². The van der Waals surface area contributed by atoms with E-state index in [9.17, 15) is 9.59 Å². The van der Waals surface area contributed by atoms with E-state index in [1.165, 1.54) is 6.92 Å². The first-order valence-electron chi connectivity index (χ1n) is 7.21. The number of aryl methyl sites for hydroxylation is 2. The van der Waals surface area contributed by atoms with Crippen molar-refractivity contribution in [2.45, 2.75) is 38.9 Å². The molecule has 0 bridgehead atoms. The first-order valence-corrected chi connectivity index (χ1v) is 9.24. The fraction of sp³-hybridized carbons (Fsp3) is 0.412. The monoisotopic (exact) mass is 444 g/mol. The molecule has 0 aliphatic rings. The van der Waals surface area contributed by atoms with Crippen molar-refractivity contribution in [3.05, 3.63) is 38.7 Å². The SMILES string of the molecule is CC(=O)Oc1c(CC(Br)CBr)cc2c(=O)c(C)c(C)oc2c1C. The van der Waals surface area contributed by atoms with Crippen molar-refractivity contribution < 1.29 is 13.9 Å². The van der Waals surface area contributed by atoms with Crippen molar-refractivity contribution in [2.75, 3.05) is 5.33 Å². The van der Waals surface area contributed by atoms with Crippen LogP contribution in [0.3, 0.4) is 0 Å². The van der Waals surface area contributed by atoms with Crippen molar-refractivity contribution in [3.8, 4) is 5.75 Å². The van der Waals surface area contributed by atoms with Crippen LogP contribution in [0.1, 0.15) is 29.4 Å². The van der Waals surface area contributed by atoms with Crippen molar-refractivity contribution in [2.24, 2.45) is 0 Å². The summed E-state index contributed by atoms with van der Waals surface area (Å²) in [5, 5.41) is 1.26. The van der Waals surface area contributed by atoms with Crippen LogP contribution < -0.4 is 10.2 Å². The molecular formula is C17H18Br2O4. The van der Waals surface area contributed by atoms with Crippen LogP contribution in [-0.2, 0) is 11.2 Å². The molecule has 0 spiro atoms. The van der Waals surface area contributed by atoms with Crippen LogP contribution in [-0.4, -0.2) is 16.1 Å². The fourth-order valence-electron chi connectivity index (χ4n) is 2.47. The molecule has 0 fully saturated rings. The largest absolute Gasteiger partial charge is 0.460 e. The van der Waals surface area contributed by atoms with Gasteiger partial charge in [-0.15, -0.1) is 0 Å². The normalized spacial score (nSPS) is 12.4. The van der Waals surface area contributed by atoms with Gasteiger partial charge in [0.2, 0.25) is 0 Å². The molecule has 0 aliphatic heterocycles. The lowest BCUT2D eigenvalue weighted by Crippen LogP contribution is -2.13. The Hall–Kier alpha value is -1.14. The highest BCUT2D eigenvalue weighted by atomic mass is 79.9. The molecule has 1 aromatic heterocycles. The maximum absolute atomic E-state index is 12.6. The minimum absolute atomic E-state index is 0.0487. The number of benzene rings is 1. The minimum atomic E-state index is -0.398. The van der Waals surface area contributed by atoms with Gasteiger partial charge in [-0.25, -0.2) is 0 Å². The zero-order valence-corrected chi connectivity index (χ0v) is 16.6. The molecule has 1 aromatic carbocycles. The van der Waals surface area contributed by atoms with Crippen LogP contribution in [0.4, 0.5) is 0 Å². The van der Waals surface area contributed by atoms with Crippen LogP contribution in [0.2, 0.25) is 0 Å². The minimum Gasteiger partial charge on any atom is -0.460 e. The van der Waals surface area contributed by atoms with Gasteiger partial charge in [0, 0.05) is 28.2 Å². The number of carbonyl (C=O) groups excluding carboxylic acids is 1. The highest BCUT2D eigenvalue weighted by Crippen LogP contribution is 2.33. The van der Waals surface area contributed by atoms with Crippen LogP contribution in [0.15, 0.2) is 15.3 Å². The molecule has 0 N–H and O–H groups in total. The molecule has 4 nitrogen and oxygen atoms in total. The Morgan fingerprint density at radius 2 is 1.96 bits per heavy atom. The third kappa shape index (κ3) is 3.69. The number of halogens is 2. The van der Waals surface area contributed by atoms with Gasteiger partial charge in [-0.1, -0.05) is 31.9 Å². The zero-order valence-electron chi connectivity index (χ0n) is 13.5. The predicted octanol–water partition coefficient (Wildman–Crippen LogP) is 4.34. The van der Waals surface area contributed by atoms with Crippen LogP contribution in [0.5, 0.6) is 5.75 Å². The van der Waals surface area contributed by atoms with Gasteiger partial charge in [-0.3, -0.25) is 9.59 Å². The molecule has 6 heteroatoms. The summed E-state index contributed by atoms with van der Waals surface area (Å²) in [4.78, 5) is 24.2. The van der Waals surface area contributed by atoms with Gasteiger partial charge in [0.15, 0.2) is 5.43 Å². The average molecular weight is 446 g/mol. The molecule has 1 heterocycles. The number of fused-ring (bicyclic) bond motifs is 1. The summed E-state index contributed by atoms with van der Waals surface area (Å²) in [6.45, 7) is 6.68. The maximum Gasteiger partial charge on any atom is 0.308 e. The van der Waals surface area contributed by atoms with Gasteiger partial charge in [0.25, 0.3) is 0 Å². The second kappa shape index (κ2) is 7.18. The maximum atomic E-state index is 12.6. The summed E-state index contributed by atoms with van der Waals surface area (Å²) >= 11 is 6.97. The van der Waals surface area contributed by atoms with Gasteiger partial charge >= 0.3 is 5.97 Å². The molecule has 0 radical (unpaired) electrons. The summed E-state index contributed by atoms with van der Waals surface area (Å²) in [5.74, 6) is 0.651. The topological polar surface area (TPSA) is 56.5 Å². The molecule has 2 aromatic rings. The Bertz CT molecular complexity index is 824. The second-order valence-corrected chi connectivity index (χ2v) is 7.47. The van der Waals surface area contributed by atoms with E-state index in [1.807, 2.05) is 0 Å². The molecule has 23 heavy (non-hydrogen) atoms. The van der Waals surface area contributed by atoms with Gasteiger partial charge in [-0.2, -0.15) is 0 Å². The molecule has 124 valence electrons. The Kier molecular flexibility index (Phi) is 5.68. The van der Waals surface area contributed by atoms with E-state index < -0.39 is 5.97 Å². The van der Waals surface area contributed by atoms with Gasteiger partial charge in [0.1, 0.15) is 17.1 Å². The summed E-state index contributed by atoms with van der Waals surface area (Å²) < 4.78 is 11.2. The number of rotatable bonds is 4. The predicted molar refractivity (Wildman–Crippen MR) is 98.2 cm³/mol. The average Bonchev–Trinajstić information content (AvgIpc) is 2.49. The third-order valence-electron chi connectivity index (χ3n) is 3.76. The smallest absolute Gasteiger partial charge is 0.308 e. The number of hydrogen-bond acceptors (Lipinski definition) is 4. The standard InChI is InChI=1S/C17H18Br2O4/c1-8-10(3)22-17-9(2)16(23-11(4)20)12(5-13(19)7-18)6-14(17)15(8)21/h6,13H,5,7H2,1-4H3. The Morgan fingerprint density at radius 1 is 1.30 bits per heavy atom. The molecule has 0 amide bonds. The van der Waals surface area contributed by atoms with Crippen molar-refractivity contribution in [3.63, 3.8) is 0 Å². The van der Waals surface area contributed by atoms with E-state index in [1.54, 1.807) is 26.8 Å². The number of hydrogen-bond donors (Lipinski definition) is 0. The van der Waals surface area contributed by atoms with E-state index in [0.717, 1.165) is 10.9 Å². The van der Waals surface area contributed by atoms with E-state index >= 15 is 0 Å². The lowest BCUT2D eigenvalue weighted by molar-refractivity contribution is -0.131. The highest BCUT2D eigenvalue weighted by Gasteiger charge is 2.20. The molecule has 0 saturated heterocycles. The molecular weight excluding hydrogens is 428 g/mol. The Morgan fingerprint density at radius 3 is 2.52 bits per heavy atom. The van der Waals surface area contributed by atoms with Crippen molar-refractivity contribution in [1.29, 1.82) is 0 Å². The second-order valence-electron chi connectivity index (χ2n) is 5.53. The van der Waals surface area contributed by atoms with Gasteiger partial charge in [-0.05, 0) is 38.8 Å². The molecule has 0 aliphatic carbocycles. The summed E-state index contributed by atoms with van der Waals surface area (Å²) in [6, 6.07) is 1.77. The third-order valence-corrected chi connectivity index (χ3v) is 6.06. The molecule has 0 saturated carbocycles. The van der Waals surface area contributed by atoms with E-state index in [4.69, 9.17) is 9.15 Å². The summed E-state index contributed by atoms with van der Waals surface area (Å²) in [5.41, 5.74) is 2.50. The number of esters is 1. The molecule has 2 rings (SSSR count). The zero-order chi connectivity index (χ0) is 17.3. The lowest BCUT2D eigenvalue weighted by Gasteiger charge is -2.16. The summed E-state index contributed by atoms with van der Waals surface area (Å²) in [6.07, 6.45) is 0.622. The highest BCUT2D eigenvalue weighted by molar-refractivity contribution is 9.12. The first-order chi connectivity index (χ1) is 10.8. The lowest BCUT2D eigenvalue weighted by atomic mass is 10.00. The molecule has 1 unspecified atom stereocenters. The first kappa shape index (κ1) is 18.2. The Labute approximate surface area is 151 Å². The molecule has 1 atom stereocenters. The van der Waals surface area contributed by atoms with Gasteiger partial charge in [0.05, 0.1) is 5.39 Å². The Balaban J connectivity index is 2.80. The van der Waals surface area contributed by atoms with Crippen LogP contribution >= 0.6 is 31.9 Å². The van der Waals surface area contributed by atoms with E-state index in [-0.39, 0.29) is 10.3 Å². The van der Waals surface area contributed by atoms with Gasteiger partial charge < -0.3 is 9.15 Å². The van der Waals surface area contributed by atoms with Crippen molar-refractivity contribution >= 4 is 48.8 Å². The number of alkyl halides is 2. The van der Waals surface area contributed by atoms with E-state index in [0.29, 0.717) is 40.0 Å². The van der Waals surface area contributed by atoms with Crippen molar-refractivity contribution in [1.82, 2.24) is 0 Å². The van der Waals surface area contributed by atoms with Crippen LogP contribution in [0.25, 0.3) is 11.0 Å². The van der Waals surface area contributed by atoms with Crippen LogP contribution in [0, 0.1) is 20.8 Å². The number of ether oxygens (including phenoxy) is 1. The quantitative estimate of drug-likeness (QED) is 0.399. The number of carbonyl (C=O) groups is 1.